The Bertz CT molecular complexity index is 341. The van der Waals surface area contributed by atoms with Crippen LogP contribution in [0, 0.1) is 5.92 Å². The first-order chi connectivity index (χ1) is 8.22. The van der Waals surface area contributed by atoms with Crippen molar-refractivity contribution in [1.82, 2.24) is 14.9 Å². The van der Waals surface area contributed by atoms with Gasteiger partial charge >= 0.3 is 0 Å². The molecule has 94 valence electrons. The summed E-state index contributed by atoms with van der Waals surface area (Å²) in [5.41, 5.74) is 0. The van der Waals surface area contributed by atoms with E-state index < -0.39 is 0 Å². The Morgan fingerprint density at radius 2 is 2.12 bits per heavy atom. The summed E-state index contributed by atoms with van der Waals surface area (Å²) in [6, 6.07) is 2.42. The fraction of sp³-hybridized carbons (Fsp3) is 0.692. The Kier molecular flexibility index (Phi) is 3.94. The van der Waals surface area contributed by atoms with Crippen LogP contribution in [-0.2, 0) is 0 Å². The van der Waals surface area contributed by atoms with E-state index in [0.29, 0.717) is 12.0 Å². The lowest BCUT2D eigenvalue weighted by molar-refractivity contribution is 0.168. The molecule has 1 aromatic rings. The van der Waals surface area contributed by atoms with Crippen molar-refractivity contribution in [3.63, 3.8) is 0 Å². The van der Waals surface area contributed by atoms with Crippen LogP contribution in [0.15, 0.2) is 18.5 Å². The Morgan fingerprint density at radius 3 is 2.71 bits per heavy atom. The fourth-order valence-corrected chi connectivity index (χ4v) is 2.70. The second-order valence-electron chi connectivity index (χ2n) is 4.89. The lowest BCUT2D eigenvalue weighted by Crippen LogP contribution is -2.49. The summed E-state index contributed by atoms with van der Waals surface area (Å²) < 4.78 is 0. The maximum Gasteiger partial charge on any atom is 0.225 e. The van der Waals surface area contributed by atoms with Crippen molar-refractivity contribution in [2.45, 2.75) is 26.3 Å². The zero-order chi connectivity index (χ0) is 12.3. The molecule has 0 spiro atoms. The lowest BCUT2D eigenvalue weighted by atomic mass is 9.93. The van der Waals surface area contributed by atoms with Gasteiger partial charge in [0.05, 0.1) is 0 Å². The molecule has 1 fully saturated rings. The minimum atomic E-state index is 0.556. The van der Waals surface area contributed by atoms with Crippen molar-refractivity contribution >= 4 is 5.95 Å². The van der Waals surface area contributed by atoms with Crippen LogP contribution in [0.1, 0.15) is 20.3 Å². The zero-order valence-corrected chi connectivity index (χ0v) is 11.0. The number of piperidine rings is 1. The molecule has 1 aromatic heterocycles. The van der Waals surface area contributed by atoms with Gasteiger partial charge in [-0.3, -0.25) is 0 Å². The molecule has 0 aliphatic carbocycles. The topological polar surface area (TPSA) is 32.3 Å². The highest BCUT2D eigenvalue weighted by molar-refractivity contribution is 5.29. The summed E-state index contributed by atoms with van der Waals surface area (Å²) in [5.74, 6) is 1.51. The zero-order valence-electron chi connectivity index (χ0n) is 11.0. The number of hydrogen-bond donors (Lipinski definition) is 0. The van der Waals surface area contributed by atoms with Crippen molar-refractivity contribution in [3.8, 4) is 0 Å². The Labute approximate surface area is 104 Å². The van der Waals surface area contributed by atoms with Gasteiger partial charge in [0, 0.05) is 38.6 Å². The van der Waals surface area contributed by atoms with Crippen LogP contribution in [0.25, 0.3) is 0 Å². The molecule has 0 N–H and O–H groups in total. The number of rotatable bonds is 3. The predicted molar refractivity (Wildman–Crippen MR) is 70.1 cm³/mol. The predicted octanol–water partition coefficient (Wildman–Crippen LogP) is 1.64. The lowest BCUT2D eigenvalue weighted by Gasteiger charge is -2.40. The Morgan fingerprint density at radius 1 is 1.41 bits per heavy atom. The van der Waals surface area contributed by atoms with Crippen molar-refractivity contribution in [1.29, 1.82) is 0 Å². The molecule has 1 aliphatic rings. The fourth-order valence-electron chi connectivity index (χ4n) is 2.70. The van der Waals surface area contributed by atoms with Crippen molar-refractivity contribution in [3.05, 3.63) is 18.5 Å². The highest BCUT2D eigenvalue weighted by atomic mass is 15.3. The number of aromatic nitrogens is 2. The molecule has 0 amide bonds. The molecule has 1 saturated heterocycles. The van der Waals surface area contributed by atoms with Gasteiger partial charge < -0.3 is 9.80 Å². The third kappa shape index (κ3) is 2.75. The smallest absolute Gasteiger partial charge is 0.225 e. The summed E-state index contributed by atoms with van der Waals surface area (Å²) in [6.45, 7) is 8.08. The maximum absolute atomic E-state index is 4.33. The van der Waals surface area contributed by atoms with Gasteiger partial charge in [-0.2, -0.15) is 0 Å². The van der Waals surface area contributed by atoms with Crippen LogP contribution in [0.5, 0.6) is 0 Å². The number of likely N-dealkylation sites (tertiary alicyclic amines) is 1. The van der Waals surface area contributed by atoms with Gasteiger partial charge in [0.2, 0.25) is 5.95 Å². The highest BCUT2D eigenvalue weighted by Crippen LogP contribution is 2.23. The molecule has 2 atom stereocenters. The number of nitrogens with zero attached hydrogens (tertiary/aromatic N) is 4. The Hall–Kier alpha value is -1.16. The SMILES string of the molecule is CCN1CCC(N(C)c2ncccn2)C(C)C1. The second-order valence-corrected chi connectivity index (χ2v) is 4.89. The second kappa shape index (κ2) is 5.45. The van der Waals surface area contributed by atoms with Gasteiger partial charge in [-0.1, -0.05) is 13.8 Å². The summed E-state index contributed by atoms with van der Waals surface area (Å²) in [5, 5.41) is 0. The third-order valence-electron chi connectivity index (χ3n) is 3.76. The van der Waals surface area contributed by atoms with Gasteiger partial charge in [0.1, 0.15) is 0 Å². The molecule has 0 bridgehead atoms. The van der Waals surface area contributed by atoms with Gasteiger partial charge in [0.25, 0.3) is 0 Å². The van der Waals surface area contributed by atoms with E-state index in [-0.39, 0.29) is 0 Å². The van der Waals surface area contributed by atoms with Crippen LogP contribution in [-0.4, -0.2) is 47.6 Å². The van der Waals surface area contributed by atoms with Gasteiger partial charge in [-0.25, -0.2) is 9.97 Å². The molecule has 0 radical (unpaired) electrons. The summed E-state index contributed by atoms with van der Waals surface area (Å²) in [6.07, 6.45) is 4.82. The highest BCUT2D eigenvalue weighted by Gasteiger charge is 2.29. The molecule has 1 aliphatic heterocycles. The molecule has 0 aromatic carbocycles. The van der Waals surface area contributed by atoms with Crippen molar-refractivity contribution in [2.24, 2.45) is 5.92 Å². The molecule has 2 heterocycles. The quantitative estimate of drug-likeness (QED) is 0.796. The molecule has 4 heteroatoms. The molecule has 0 saturated carbocycles. The average Bonchev–Trinajstić information content (AvgIpc) is 2.39. The van der Waals surface area contributed by atoms with Crippen LogP contribution in [0.4, 0.5) is 5.95 Å². The van der Waals surface area contributed by atoms with Crippen molar-refractivity contribution < 1.29 is 0 Å². The molecule has 4 nitrogen and oxygen atoms in total. The molecular weight excluding hydrogens is 212 g/mol. The normalized spacial score (nSPS) is 25.8. The molecular formula is C13H22N4. The first kappa shape index (κ1) is 12.3. The Balaban J connectivity index is 2.03. The number of anilines is 1. The van der Waals surface area contributed by atoms with Gasteiger partial charge in [-0.05, 0) is 24.9 Å². The molecule has 17 heavy (non-hydrogen) atoms. The van der Waals surface area contributed by atoms with Crippen LogP contribution in [0.2, 0.25) is 0 Å². The average molecular weight is 234 g/mol. The van der Waals surface area contributed by atoms with Gasteiger partial charge in [-0.15, -0.1) is 0 Å². The summed E-state index contributed by atoms with van der Waals surface area (Å²) in [7, 11) is 2.11. The van der Waals surface area contributed by atoms with E-state index in [2.05, 4.69) is 40.7 Å². The number of hydrogen-bond acceptors (Lipinski definition) is 4. The van der Waals surface area contributed by atoms with E-state index in [9.17, 15) is 0 Å². The first-order valence-corrected chi connectivity index (χ1v) is 6.44. The van der Waals surface area contributed by atoms with E-state index in [1.807, 2.05) is 18.5 Å². The molecule has 2 unspecified atom stereocenters. The third-order valence-corrected chi connectivity index (χ3v) is 3.76. The maximum atomic E-state index is 4.33. The van der Waals surface area contributed by atoms with Crippen LogP contribution < -0.4 is 4.90 Å². The van der Waals surface area contributed by atoms with E-state index in [0.717, 1.165) is 12.5 Å². The van der Waals surface area contributed by atoms with E-state index in [1.165, 1.54) is 19.5 Å². The van der Waals surface area contributed by atoms with E-state index in [1.54, 1.807) is 0 Å². The minimum Gasteiger partial charge on any atom is -0.341 e. The molecule has 2 rings (SSSR count). The minimum absolute atomic E-state index is 0.556. The van der Waals surface area contributed by atoms with E-state index >= 15 is 0 Å². The monoisotopic (exact) mass is 234 g/mol. The van der Waals surface area contributed by atoms with Gasteiger partial charge in [0.15, 0.2) is 0 Å². The van der Waals surface area contributed by atoms with E-state index in [4.69, 9.17) is 0 Å². The van der Waals surface area contributed by atoms with Crippen molar-refractivity contribution in [2.75, 3.05) is 31.6 Å². The summed E-state index contributed by atoms with van der Waals surface area (Å²) in [4.78, 5) is 13.4. The van der Waals surface area contributed by atoms with Crippen LogP contribution >= 0.6 is 0 Å². The standard InChI is InChI=1S/C13H22N4/c1-4-17-9-6-12(11(2)10-17)16(3)13-14-7-5-8-15-13/h5,7-8,11-12H,4,6,9-10H2,1-3H3. The first-order valence-electron chi connectivity index (χ1n) is 6.44. The largest absolute Gasteiger partial charge is 0.341 e. The summed E-state index contributed by atoms with van der Waals surface area (Å²) >= 11 is 0. The van der Waals surface area contributed by atoms with Crippen LogP contribution in [0.3, 0.4) is 0 Å².